The van der Waals surface area contributed by atoms with E-state index >= 15 is 0 Å². The van der Waals surface area contributed by atoms with Crippen molar-refractivity contribution in [3.8, 4) is 0 Å². The molecule has 3 fully saturated rings. The number of thioether (sulfide) groups is 1. The van der Waals surface area contributed by atoms with Crippen molar-refractivity contribution in [1.82, 2.24) is 4.90 Å². The van der Waals surface area contributed by atoms with Crippen LogP contribution in [-0.4, -0.2) is 60.3 Å². The van der Waals surface area contributed by atoms with Crippen molar-refractivity contribution in [2.24, 2.45) is 5.92 Å². The Bertz CT molecular complexity index is 338. The van der Waals surface area contributed by atoms with Gasteiger partial charge in [-0.05, 0) is 25.2 Å². The van der Waals surface area contributed by atoms with Gasteiger partial charge in [-0.25, -0.2) is 0 Å². The fourth-order valence-corrected chi connectivity index (χ4v) is 4.74. The van der Waals surface area contributed by atoms with E-state index in [4.69, 9.17) is 9.47 Å². The van der Waals surface area contributed by atoms with Crippen molar-refractivity contribution >= 4 is 17.7 Å². The molecular weight excluding hydrogens is 262 g/mol. The maximum absolute atomic E-state index is 11.3. The molecule has 0 aromatic heterocycles. The summed E-state index contributed by atoms with van der Waals surface area (Å²) in [4.78, 5) is 13.2. The first-order valence-electron chi connectivity index (χ1n) is 7.26. The second-order valence-corrected chi connectivity index (χ2v) is 7.57. The molecule has 3 aliphatic heterocycles. The maximum Gasteiger partial charge on any atom is 0.219 e. The summed E-state index contributed by atoms with van der Waals surface area (Å²) in [6, 6.07) is 0. The Morgan fingerprint density at radius 2 is 2.16 bits per heavy atom. The monoisotopic (exact) mass is 285 g/mol. The number of nitrogens with zero attached hydrogens (tertiary/aromatic N) is 1. The van der Waals surface area contributed by atoms with Gasteiger partial charge in [-0.15, -0.1) is 11.8 Å². The van der Waals surface area contributed by atoms with Crippen LogP contribution >= 0.6 is 11.8 Å². The minimum Gasteiger partial charge on any atom is -0.381 e. The van der Waals surface area contributed by atoms with Crippen LogP contribution < -0.4 is 0 Å². The van der Waals surface area contributed by atoms with Gasteiger partial charge in [-0.3, -0.25) is 4.79 Å². The molecule has 3 heterocycles. The molecule has 5 heteroatoms. The highest BCUT2D eigenvalue weighted by molar-refractivity contribution is 8.01. The number of ether oxygens (including phenoxy) is 2. The number of amides is 1. The number of likely N-dealkylation sites (tertiary alicyclic amines) is 1. The number of carbonyl (C=O) groups is 1. The average Bonchev–Trinajstić information content (AvgIpc) is 2.80. The van der Waals surface area contributed by atoms with Gasteiger partial charge in [0.1, 0.15) is 0 Å². The maximum atomic E-state index is 11.3. The summed E-state index contributed by atoms with van der Waals surface area (Å²) in [5.74, 6) is 1.98. The van der Waals surface area contributed by atoms with Gasteiger partial charge in [-0.2, -0.15) is 0 Å². The van der Waals surface area contributed by atoms with Gasteiger partial charge < -0.3 is 14.4 Å². The molecule has 0 N–H and O–H groups in total. The predicted molar refractivity (Wildman–Crippen MR) is 75.3 cm³/mol. The zero-order chi connectivity index (χ0) is 13.3. The molecule has 0 radical (unpaired) electrons. The molecular formula is C14H23NO3S. The first kappa shape index (κ1) is 13.7. The fraction of sp³-hybridized carbons (Fsp3) is 0.929. The van der Waals surface area contributed by atoms with Crippen molar-refractivity contribution < 1.29 is 14.3 Å². The van der Waals surface area contributed by atoms with Crippen molar-refractivity contribution in [3.05, 3.63) is 0 Å². The molecule has 3 rings (SSSR count). The first-order chi connectivity index (χ1) is 9.17. The zero-order valence-electron chi connectivity index (χ0n) is 11.6. The lowest BCUT2D eigenvalue weighted by Crippen LogP contribution is -2.60. The van der Waals surface area contributed by atoms with E-state index in [1.54, 1.807) is 6.92 Å². The van der Waals surface area contributed by atoms with Gasteiger partial charge in [0, 0.05) is 45.6 Å². The standard InChI is InChI=1S/C14H23NO3S/c1-11(16)15-9-14(10-15)6-13(8-19-14)18-7-12-2-4-17-5-3-12/h12-13H,2-10H2,1H3/t13-/m1/s1. The Balaban J connectivity index is 1.39. The van der Waals surface area contributed by atoms with Gasteiger partial charge in [0.15, 0.2) is 0 Å². The third-order valence-electron chi connectivity index (χ3n) is 4.49. The summed E-state index contributed by atoms with van der Waals surface area (Å²) in [7, 11) is 0. The summed E-state index contributed by atoms with van der Waals surface area (Å²) in [5, 5.41) is 0. The lowest BCUT2D eigenvalue weighted by atomic mass is 9.93. The fourth-order valence-electron chi connectivity index (χ4n) is 3.19. The Morgan fingerprint density at radius 1 is 1.42 bits per heavy atom. The average molecular weight is 285 g/mol. The Morgan fingerprint density at radius 3 is 2.84 bits per heavy atom. The van der Waals surface area contributed by atoms with Gasteiger partial charge >= 0.3 is 0 Å². The second kappa shape index (κ2) is 5.62. The second-order valence-electron chi connectivity index (χ2n) is 6.08. The summed E-state index contributed by atoms with van der Waals surface area (Å²) in [6.45, 7) is 6.18. The third kappa shape index (κ3) is 3.09. The Kier molecular flexibility index (Phi) is 4.06. The van der Waals surface area contributed by atoms with E-state index in [-0.39, 0.29) is 5.91 Å². The van der Waals surface area contributed by atoms with Gasteiger partial charge in [0.2, 0.25) is 5.91 Å². The van der Waals surface area contributed by atoms with Crippen molar-refractivity contribution in [3.63, 3.8) is 0 Å². The molecule has 3 saturated heterocycles. The van der Waals surface area contributed by atoms with E-state index in [1.165, 1.54) is 0 Å². The molecule has 4 nitrogen and oxygen atoms in total. The third-order valence-corrected chi connectivity index (χ3v) is 6.06. The smallest absolute Gasteiger partial charge is 0.219 e. The van der Waals surface area contributed by atoms with Gasteiger partial charge in [0.25, 0.3) is 0 Å². The van der Waals surface area contributed by atoms with E-state index in [0.717, 1.165) is 57.9 Å². The Labute approximate surface area is 119 Å². The summed E-state index contributed by atoms with van der Waals surface area (Å²) >= 11 is 2.00. The first-order valence-corrected chi connectivity index (χ1v) is 8.24. The molecule has 1 spiro atoms. The van der Waals surface area contributed by atoms with E-state index in [1.807, 2.05) is 16.7 Å². The minimum absolute atomic E-state index is 0.206. The summed E-state index contributed by atoms with van der Waals surface area (Å²) in [5.41, 5.74) is 0. The molecule has 0 unspecified atom stereocenters. The van der Waals surface area contributed by atoms with Crippen molar-refractivity contribution in [2.75, 3.05) is 38.7 Å². The summed E-state index contributed by atoms with van der Waals surface area (Å²) < 4.78 is 11.8. The van der Waals surface area contributed by atoms with Crippen LogP contribution in [0.15, 0.2) is 0 Å². The van der Waals surface area contributed by atoms with Crippen LogP contribution in [-0.2, 0) is 14.3 Å². The largest absolute Gasteiger partial charge is 0.381 e. The molecule has 0 aromatic rings. The van der Waals surface area contributed by atoms with Crippen LogP contribution in [0.5, 0.6) is 0 Å². The van der Waals surface area contributed by atoms with Crippen molar-refractivity contribution in [1.29, 1.82) is 0 Å². The minimum atomic E-state index is 0.206. The predicted octanol–water partition coefficient (Wildman–Crippen LogP) is 1.54. The number of hydrogen-bond donors (Lipinski definition) is 0. The molecule has 1 atom stereocenters. The molecule has 0 saturated carbocycles. The lowest BCUT2D eigenvalue weighted by molar-refractivity contribution is -0.134. The molecule has 0 bridgehead atoms. The van der Waals surface area contributed by atoms with E-state index in [0.29, 0.717) is 16.8 Å². The van der Waals surface area contributed by atoms with Crippen LogP contribution in [0.25, 0.3) is 0 Å². The van der Waals surface area contributed by atoms with Crippen LogP contribution in [0.2, 0.25) is 0 Å². The normalized spacial score (nSPS) is 30.6. The summed E-state index contributed by atoms with van der Waals surface area (Å²) in [6.07, 6.45) is 3.79. The molecule has 108 valence electrons. The number of rotatable bonds is 3. The van der Waals surface area contributed by atoms with Gasteiger partial charge in [0.05, 0.1) is 10.9 Å². The molecule has 0 aromatic carbocycles. The van der Waals surface area contributed by atoms with E-state index in [9.17, 15) is 4.79 Å². The van der Waals surface area contributed by atoms with E-state index < -0.39 is 0 Å². The Hall–Kier alpha value is -0.260. The highest BCUT2D eigenvalue weighted by Crippen LogP contribution is 2.46. The van der Waals surface area contributed by atoms with E-state index in [2.05, 4.69) is 0 Å². The lowest BCUT2D eigenvalue weighted by Gasteiger charge is -2.47. The zero-order valence-corrected chi connectivity index (χ0v) is 12.4. The molecule has 0 aliphatic carbocycles. The van der Waals surface area contributed by atoms with Crippen LogP contribution in [0, 0.1) is 5.92 Å². The van der Waals surface area contributed by atoms with Crippen LogP contribution in [0.4, 0.5) is 0 Å². The highest BCUT2D eigenvalue weighted by Gasteiger charge is 2.50. The topological polar surface area (TPSA) is 38.8 Å². The molecule has 19 heavy (non-hydrogen) atoms. The van der Waals surface area contributed by atoms with Gasteiger partial charge in [-0.1, -0.05) is 0 Å². The van der Waals surface area contributed by atoms with Crippen molar-refractivity contribution in [2.45, 2.75) is 37.0 Å². The molecule has 3 aliphatic rings. The van der Waals surface area contributed by atoms with Crippen LogP contribution in [0.3, 0.4) is 0 Å². The molecule has 1 amide bonds. The number of carbonyl (C=O) groups excluding carboxylic acids is 1. The van der Waals surface area contributed by atoms with Crippen LogP contribution in [0.1, 0.15) is 26.2 Å². The number of hydrogen-bond acceptors (Lipinski definition) is 4. The highest BCUT2D eigenvalue weighted by atomic mass is 32.2. The quantitative estimate of drug-likeness (QED) is 0.788. The SMILES string of the molecule is CC(=O)N1CC2(C[C@@H](OCC3CCOCC3)CS2)C1.